The molecule has 2 amide bonds. The Balaban J connectivity index is 0.00000288. The molecular weight excluding hydrogens is 396 g/mol. The maximum absolute atomic E-state index is 11.9. The standard InChI is InChI=1S/C16H23BrN4O2.ClH/c1-16(10-18)6-7-21(11-16)9-15(23)19-8-14(22)20-13-5-3-2-4-12(13)17;/h2-5H,6-11,18H2,1H3,(H,19,23)(H,20,22);1H. The summed E-state index contributed by atoms with van der Waals surface area (Å²) in [5.41, 5.74) is 6.54. The number of anilines is 1. The van der Waals surface area contributed by atoms with Crippen molar-refractivity contribution >= 4 is 45.8 Å². The minimum atomic E-state index is -0.251. The number of carbonyl (C=O) groups is 2. The van der Waals surface area contributed by atoms with Crippen molar-refractivity contribution in [2.24, 2.45) is 11.1 Å². The molecule has 0 spiro atoms. The number of carbonyl (C=O) groups excluding carboxylic acids is 2. The first-order valence-corrected chi connectivity index (χ1v) is 8.45. The van der Waals surface area contributed by atoms with Crippen LogP contribution in [0.1, 0.15) is 13.3 Å². The van der Waals surface area contributed by atoms with E-state index < -0.39 is 0 Å². The molecule has 1 unspecified atom stereocenters. The fourth-order valence-electron chi connectivity index (χ4n) is 2.62. The predicted octanol–water partition coefficient (Wildman–Crippen LogP) is 1.60. The lowest BCUT2D eigenvalue weighted by molar-refractivity contribution is -0.124. The number of rotatable bonds is 6. The Morgan fingerprint density at radius 2 is 2.04 bits per heavy atom. The van der Waals surface area contributed by atoms with Crippen LogP contribution < -0.4 is 16.4 Å². The molecule has 1 atom stereocenters. The van der Waals surface area contributed by atoms with E-state index in [1.165, 1.54) is 0 Å². The average molecular weight is 420 g/mol. The summed E-state index contributed by atoms with van der Waals surface area (Å²) in [7, 11) is 0. The van der Waals surface area contributed by atoms with Gasteiger partial charge in [-0.3, -0.25) is 14.5 Å². The van der Waals surface area contributed by atoms with Gasteiger partial charge in [-0.1, -0.05) is 19.1 Å². The lowest BCUT2D eigenvalue weighted by atomic mass is 9.90. The number of benzene rings is 1. The molecule has 0 aliphatic carbocycles. The Kier molecular flexibility index (Phi) is 8.15. The van der Waals surface area contributed by atoms with Crippen molar-refractivity contribution < 1.29 is 9.59 Å². The van der Waals surface area contributed by atoms with E-state index in [0.29, 0.717) is 18.8 Å². The fourth-order valence-corrected chi connectivity index (χ4v) is 3.01. The van der Waals surface area contributed by atoms with Gasteiger partial charge in [-0.05, 0) is 53.0 Å². The molecule has 134 valence electrons. The van der Waals surface area contributed by atoms with Gasteiger partial charge >= 0.3 is 0 Å². The first kappa shape index (κ1) is 20.9. The van der Waals surface area contributed by atoms with E-state index in [9.17, 15) is 9.59 Å². The van der Waals surface area contributed by atoms with E-state index in [2.05, 4.69) is 38.4 Å². The summed E-state index contributed by atoms with van der Waals surface area (Å²) in [6, 6.07) is 7.34. The van der Waals surface area contributed by atoms with Gasteiger partial charge in [-0.2, -0.15) is 0 Å². The minimum Gasteiger partial charge on any atom is -0.346 e. The highest BCUT2D eigenvalue weighted by atomic mass is 79.9. The van der Waals surface area contributed by atoms with Crippen LogP contribution in [0.3, 0.4) is 0 Å². The summed E-state index contributed by atoms with van der Waals surface area (Å²) in [4.78, 5) is 25.9. The molecule has 8 heteroatoms. The molecule has 1 aromatic rings. The van der Waals surface area contributed by atoms with Crippen LogP contribution in [0, 0.1) is 5.41 Å². The average Bonchev–Trinajstić information content (AvgIpc) is 2.89. The van der Waals surface area contributed by atoms with Crippen LogP contribution in [0.5, 0.6) is 0 Å². The van der Waals surface area contributed by atoms with E-state index >= 15 is 0 Å². The third-order valence-electron chi connectivity index (χ3n) is 4.09. The summed E-state index contributed by atoms with van der Waals surface area (Å²) < 4.78 is 0.804. The van der Waals surface area contributed by atoms with Gasteiger partial charge in [0.05, 0.1) is 18.8 Å². The number of halogens is 2. The molecule has 6 nitrogen and oxygen atoms in total. The van der Waals surface area contributed by atoms with E-state index in [1.54, 1.807) is 6.07 Å². The topological polar surface area (TPSA) is 87.5 Å². The van der Waals surface area contributed by atoms with Gasteiger partial charge in [-0.25, -0.2) is 0 Å². The van der Waals surface area contributed by atoms with E-state index in [1.807, 2.05) is 18.2 Å². The summed E-state index contributed by atoms with van der Waals surface area (Å²) in [6.45, 7) is 4.71. The molecule has 1 aliphatic rings. The van der Waals surface area contributed by atoms with Gasteiger partial charge < -0.3 is 16.4 Å². The van der Waals surface area contributed by atoms with Gasteiger partial charge in [0.25, 0.3) is 0 Å². The van der Waals surface area contributed by atoms with Crippen LogP contribution >= 0.6 is 28.3 Å². The predicted molar refractivity (Wildman–Crippen MR) is 101 cm³/mol. The largest absolute Gasteiger partial charge is 0.346 e. The molecule has 0 aromatic heterocycles. The van der Waals surface area contributed by atoms with Crippen molar-refractivity contribution in [3.05, 3.63) is 28.7 Å². The third kappa shape index (κ3) is 6.05. The fraction of sp³-hybridized carbons (Fsp3) is 0.500. The van der Waals surface area contributed by atoms with Crippen LogP contribution in [0.15, 0.2) is 28.7 Å². The van der Waals surface area contributed by atoms with Crippen LogP contribution in [0.2, 0.25) is 0 Å². The smallest absolute Gasteiger partial charge is 0.243 e. The molecule has 4 N–H and O–H groups in total. The number of hydrogen-bond donors (Lipinski definition) is 3. The lowest BCUT2D eigenvalue weighted by Crippen LogP contribution is -2.40. The number of para-hydroxylation sites is 1. The molecule has 0 radical (unpaired) electrons. The summed E-state index contributed by atoms with van der Waals surface area (Å²) in [6.07, 6.45) is 0.999. The minimum absolute atomic E-state index is 0. The first-order chi connectivity index (χ1) is 10.9. The van der Waals surface area contributed by atoms with E-state index in [-0.39, 0.29) is 36.2 Å². The lowest BCUT2D eigenvalue weighted by Gasteiger charge is -2.22. The highest BCUT2D eigenvalue weighted by Crippen LogP contribution is 2.27. The highest BCUT2D eigenvalue weighted by Gasteiger charge is 2.33. The van der Waals surface area contributed by atoms with Crippen LogP contribution in [-0.4, -0.2) is 49.4 Å². The zero-order chi connectivity index (χ0) is 16.9. The van der Waals surface area contributed by atoms with E-state index in [0.717, 1.165) is 24.0 Å². The van der Waals surface area contributed by atoms with Gasteiger partial charge in [0.2, 0.25) is 11.8 Å². The number of amides is 2. The maximum atomic E-state index is 11.9. The van der Waals surface area contributed by atoms with Crippen LogP contribution in [0.25, 0.3) is 0 Å². The Bertz CT molecular complexity index is 587. The van der Waals surface area contributed by atoms with Crippen molar-refractivity contribution in [2.75, 3.05) is 38.0 Å². The molecule has 1 aromatic carbocycles. The second-order valence-electron chi connectivity index (χ2n) is 6.28. The molecule has 2 rings (SSSR count). The number of hydrogen-bond acceptors (Lipinski definition) is 4. The quantitative estimate of drug-likeness (QED) is 0.653. The van der Waals surface area contributed by atoms with E-state index in [4.69, 9.17) is 5.73 Å². The first-order valence-electron chi connectivity index (χ1n) is 7.65. The molecule has 0 bridgehead atoms. The molecular formula is C16H24BrClN4O2. The summed E-state index contributed by atoms with van der Waals surface area (Å²) in [5.74, 6) is -0.396. The van der Waals surface area contributed by atoms with Crippen molar-refractivity contribution in [3.8, 4) is 0 Å². The molecule has 1 saturated heterocycles. The molecule has 24 heavy (non-hydrogen) atoms. The molecule has 1 fully saturated rings. The monoisotopic (exact) mass is 418 g/mol. The molecule has 0 saturated carbocycles. The van der Waals surface area contributed by atoms with Crippen molar-refractivity contribution in [1.29, 1.82) is 0 Å². The van der Waals surface area contributed by atoms with Crippen molar-refractivity contribution in [1.82, 2.24) is 10.2 Å². The van der Waals surface area contributed by atoms with Gasteiger partial charge in [0.15, 0.2) is 0 Å². The zero-order valence-corrected chi connectivity index (χ0v) is 16.1. The number of nitrogens with two attached hydrogens (primary N) is 1. The summed E-state index contributed by atoms with van der Waals surface area (Å²) >= 11 is 3.36. The second kappa shape index (κ2) is 9.36. The van der Waals surface area contributed by atoms with Gasteiger partial charge in [-0.15, -0.1) is 12.4 Å². The summed E-state index contributed by atoms with van der Waals surface area (Å²) in [5, 5.41) is 5.41. The zero-order valence-electron chi connectivity index (χ0n) is 13.7. The SMILES string of the molecule is CC1(CN)CCN(CC(=O)NCC(=O)Nc2ccccc2Br)C1.Cl. The van der Waals surface area contributed by atoms with Gasteiger partial charge in [0, 0.05) is 11.0 Å². The van der Waals surface area contributed by atoms with Crippen molar-refractivity contribution in [2.45, 2.75) is 13.3 Å². The molecule has 1 aliphatic heterocycles. The highest BCUT2D eigenvalue weighted by molar-refractivity contribution is 9.10. The Labute approximate surface area is 157 Å². The maximum Gasteiger partial charge on any atom is 0.243 e. The van der Waals surface area contributed by atoms with Gasteiger partial charge in [0.1, 0.15) is 0 Å². The van der Waals surface area contributed by atoms with Crippen LogP contribution in [-0.2, 0) is 9.59 Å². The number of likely N-dealkylation sites (tertiary alicyclic amines) is 1. The third-order valence-corrected chi connectivity index (χ3v) is 4.78. The van der Waals surface area contributed by atoms with Crippen molar-refractivity contribution in [3.63, 3.8) is 0 Å². The Hall–Kier alpha value is -1.15. The molecule has 1 heterocycles. The Morgan fingerprint density at radius 1 is 1.33 bits per heavy atom. The Morgan fingerprint density at radius 3 is 2.67 bits per heavy atom. The second-order valence-corrected chi connectivity index (χ2v) is 7.13. The van der Waals surface area contributed by atoms with Crippen LogP contribution in [0.4, 0.5) is 5.69 Å². The number of nitrogens with zero attached hydrogens (tertiary/aromatic N) is 1. The number of nitrogens with one attached hydrogen (secondary N) is 2. The normalized spacial score (nSPS) is 20.3.